The average Bonchev–Trinajstić information content (AvgIpc) is 2.16. The summed E-state index contributed by atoms with van der Waals surface area (Å²) in [6.07, 6.45) is 1.31. The minimum Gasteiger partial charge on any atom is -0.491 e. The Balaban J connectivity index is 3.05. The summed E-state index contributed by atoms with van der Waals surface area (Å²) >= 11 is 0. The minimum atomic E-state index is 0.245. The molecule has 0 aliphatic carbocycles. The highest BCUT2D eigenvalue weighted by atomic mass is 16.5. The van der Waals surface area contributed by atoms with Gasteiger partial charge in [0.1, 0.15) is 5.75 Å². The lowest BCUT2D eigenvalue weighted by atomic mass is 9.99. The third-order valence-electron chi connectivity index (χ3n) is 2.47. The van der Waals surface area contributed by atoms with Crippen molar-refractivity contribution in [1.82, 2.24) is 0 Å². The van der Waals surface area contributed by atoms with E-state index in [9.17, 15) is 0 Å². The van der Waals surface area contributed by atoms with Crippen molar-refractivity contribution in [1.29, 1.82) is 0 Å². The molecule has 0 aliphatic heterocycles. The molecule has 0 amide bonds. The van der Waals surface area contributed by atoms with Gasteiger partial charge in [-0.2, -0.15) is 0 Å². The van der Waals surface area contributed by atoms with Crippen molar-refractivity contribution in [2.24, 2.45) is 0 Å². The summed E-state index contributed by atoms with van der Waals surface area (Å²) in [4.78, 5) is 0. The molecule has 1 aromatic carbocycles. The Morgan fingerprint density at radius 2 is 1.80 bits per heavy atom. The first-order valence-electron chi connectivity index (χ1n) is 5.84. The van der Waals surface area contributed by atoms with Gasteiger partial charge < -0.3 is 4.74 Å². The predicted molar refractivity (Wildman–Crippen MR) is 65.7 cm³/mol. The Kier molecular flexibility index (Phi) is 4.19. The van der Waals surface area contributed by atoms with Crippen LogP contribution in [0.25, 0.3) is 0 Å². The maximum atomic E-state index is 5.85. The van der Waals surface area contributed by atoms with Crippen LogP contribution >= 0.6 is 0 Å². The van der Waals surface area contributed by atoms with Crippen molar-refractivity contribution in [2.75, 3.05) is 0 Å². The molecular formula is C14H22O. The molecule has 84 valence electrons. The molecule has 0 spiro atoms. The van der Waals surface area contributed by atoms with Gasteiger partial charge in [-0.25, -0.2) is 0 Å². The van der Waals surface area contributed by atoms with E-state index in [1.807, 2.05) is 0 Å². The number of aryl methyl sites for hydroxylation is 1. The molecule has 1 nitrogen and oxygen atoms in total. The van der Waals surface area contributed by atoms with Gasteiger partial charge in [0.05, 0.1) is 6.10 Å². The van der Waals surface area contributed by atoms with Gasteiger partial charge in [0.15, 0.2) is 0 Å². The van der Waals surface area contributed by atoms with Gasteiger partial charge in [-0.1, -0.05) is 32.9 Å². The van der Waals surface area contributed by atoms with Crippen LogP contribution in [0, 0.1) is 0 Å². The summed E-state index contributed by atoms with van der Waals surface area (Å²) in [5.74, 6) is 1.57. The zero-order chi connectivity index (χ0) is 11.4. The zero-order valence-corrected chi connectivity index (χ0v) is 10.5. The smallest absolute Gasteiger partial charge is 0.123 e. The first-order valence-corrected chi connectivity index (χ1v) is 5.84. The Hall–Kier alpha value is -0.980. The summed E-state index contributed by atoms with van der Waals surface area (Å²) in [7, 11) is 0. The Morgan fingerprint density at radius 3 is 2.27 bits per heavy atom. The van der Waals surface area contributed by atoms with Crippen molar-refractivity contribution < 1.29 is 4.74 Å². The summed E-state index contributed by atoms with van der Waals surface area (Å²) < 4.78 is 5.85. The number of benzene rings is 1. The topological polar surface area (TPSA) is 9.23 Å². The van der Waals surface area contributed by atoms with E-state index in [4.69, 9.17) is 4.74 Å². The van der Waals surface area contributed by atoms with Gasteiger partial charge >= 0.3 is 0 Å². The standard InChI is InChI=1S/C14H22O/c1-6-12-7-8-13(10(2)3)14(9-12)15-11(4)5/h7-11H,6H2,1-5H3. The summed E-state index contributed by atoms with van der Waals surface area (Å²) in [5.41, 5.74) is 2.65. The highest BCUT2D eigenvalue weighted by Gasteiger charge is 2.09. The van der Waals surface area contributed by atoms with E-state index in [-0.39, 0.29) is 6.10 Å². The fraction of sp³-hybridized carbons (Fsp3) is 0.571. The van der Waals surface area contributed by atoms with Crippen LogP contribution in [0.1, 0.15) is 51.7 Å². The molecule has 0 radical (unpaired) electrons. The first kappa shape index (κ1) is 12.1. The maximum Gasteiger partial charge on any atom is 0.123 e. The second-order valence-electron chi connectivity index (χ2n) is 4.55. The van der Waals surface area contributed by atoms with Gasteiger partial charge in [0, 0.05) is 0 Å². The third kappa shape index (κ3) is 3.26. The molecule has 0 bridgehead atoms. The van der Waals surface area contributed by atoms with Crippen molar-refractivity contribution in [3.8, 4) is 5.75 Å². The van der Waals surface area contributed by atoms with Crippen LogP contribution < -0.4 is 4.74 Å². The number of rotatable bonds is 4. The molecule has 1 rings (SSSR count). The first-order chi connectivity index (χ1) is 7.04. The SMILES string of the molecule is CCc1ccc(C(C)C)c(OC(C)C)c1. The van der Waals surface area contributed by atoms with E-state index in [2.05, 4.69) is 52.8 Å². The highest BCUT2D eigenvalue weighted by molar-refractivity contribution is 5.39. The lowest BCUT2D eigenvalue weighted by molar-refractivity contribution is 0.239. The van der Waals surface area contributed by atoms with E-state index in [1.165, 1.54) is 11.1 Å². The van der Waals surface area contributed by atoms with Crippen LogP contribution in [0.4, 0.5) is 0 Å². The van der Waals surface area contributed by atoms with Crippen molar-refractivity contribution in [3.05, 3.63) is 29.3 Å². The molecule has 0 fully saturated rings. The van der Waals surface area contributed by atoms with Crippen LogP contribution in [-0.4, -0.2) is 6.10 Å². The van der Waals surface area contributed by atoms with Crippen molar-refractivity contribution in [2.45, 2.75) is 53.1 Å². The van der Waals surface area contributed by atoms with Crippen LogP contribution in [0.3, 0.4) is 0 Å². The normalized spacial score (nSPS) is 11.1. The Bertz CT molecular complexity index is 313. The number of hydrogen-bond donors (Lipinski definition) is 0. The van der Waals surface area contributed by atoms with Crippen LogP contribution in [-0.2, 0) is 6.42 Å². The van der Waals surface area contributed by atoms with Crippen LogP contribution in [0.2, 0.25) is 0 Å². The second-order valence-corrected chi connectivity index (χ2v) is 4.55. The molecule has 0 saturated carbocycles. The van der Waals surface area contributed by atoms with Gasteiger partial charge in [0.25, 0.3) is 0 Å². The third-order valence-corrected chi connectivity index (χ3v) is 2.47. The van der Waals surface area contributed by atoms with Crippen molar-refractivity contribution in [3.63, 3.8) is 0 Å². The molecule has 1 heteroatoms. The molecule has 0 atom stereocenters. The van der Waals surface area contributed by atoms with E-state index in [0.29, 0.717) is 5.92 Å². The monoisotopic (exact) mass is 206 g/mol. The Morgan fingerprint density at radius 1 is 1.13 bits per heavy atom. The predicted octanol–water partition coefficient (Wildman–Crippen LogP) is 4.16. The molecule has 1 aromatic rings. The van der Waals surface area contributed by atoms with E-state index < -0.39 is 0 Å². The van der Waals surface area contributed by atoms with E-state index in [0.717, 1.165) is 12.2 Å². The van der Waals surface area contributed by atoms with Gasteiger partial charge in [-0.3, -0.25) is 0 Å². The molecule has 0 unspecified atom stereocenters. The lowest BCUT2D eigenvalue weighted by Crippen LogP contribution is -2.08. The molecule has 0 heterocycles. The summed E-state index contributed by atoms with van der Waals surface area (Å²) in [6.45, 7) is 10.7. The summed E-state index contributed by atoms with van der Waals surface area (Å²) in [5, 5.41) is 0. The fourth-order valence-electron chi connectivity index (χ4n) is 1.63. The van der Waals surface area contributed by atoms with Crippen LogP contribution in [0.15, 0.2) is 18.2 Å². The highest BCUT2D eigenvalue weighted by Crippen LogP contribution is 2.28. The summed E-state index contributed by atoms with van der Waals surface area (Å²) in [6, 6.07) is 6.57. The second kappa shape index (κ2) is 5.20. The van der Waals surface area contributed by atoms with E-state index in [1.54, 1.807) is 0 Å². The molecule has 0 saturated heterocycles. The quantitative estimate of drug-likeness (QED) is 0.718. The fourth-order valence-corrected chi connectivity index (χ4v) is 1.63. The zero-order valence-electron chi connectivity index (χ0n) is 10.5. The van der Waals surface area contributed by atoms with Crippen LogP contribution in [0.5, 0.6) is 5.75 Å². The van der Waals surface area contributed by atoms with Gasteiger partial charge in [-0.05, 0) is 43.4 Å². The largest absolute Gasteiger partial charge is 0.491 e. The number of hydrogen-bond acceptors (Lipinski definition) is 1. The number of ether oxygens (including phenoxy) is 1. The maximum absolute atomic E-state index is 5.85. The minimum absolute atomic E-state index is 0.245. The van der Waals surface area contributed by atoms with Gasteiger partial charge in [-0.15, -0.1) is 0 Å². The molecule has 15 heavy (non-hydrogen) atoms. The molecule has 0 aromatic heterocycles. The van der Waals surface area contributed by atoms with E-state index >= 15 is 0 Å². The van der Waals surface area contributed by atoms with Crippen molar-refractivity contribution >= 4 is 0 Å². The molecule has 0 N–H and O–H groups in total. The van der Waals surface area contributed by atoms with Gasteiger partial charge in [0.2, 0.25) is 0 Å². The molecular weight excluding hydrogens is 184 g/mol. The molecule has 0 aliphatic rings. The Labute approximate surface area is 93.5 Å². The lowest BCUT2D eigenvalue weighted by Gasteiger charge is -2.17. The average molecular weight is 206 g/mol.